The molecule has 0 N–H and O–H groups in total. The molecule has 1 atom stereocenters. The monoisotopic (exact) mass is 398 g/mol. The second kappa shape index (κ2) is 7.80. The highest BCUT2D eigenvalue weighted by atomic mass is 35.5. The van der Waals surface area contributed by atoms with Crippen LogP contribution in [0.5, 0.6) is 11.5 Å². The summed E-state index contributed by atoms with van der Waals surface area (Å²) in [5, 5.41) is 9.49. The minimum atomic E-state index is -0.0712. The summed E-state index contributed by atoms with van der Waals surface area (Å²) in [6, 6.07) is 9.27. The Bertz CT molecular complexity index is 1020. The van der Waals surface area contributed by atoms with Crippen molar-refractivity contribution in [3.8, 4) is 11.5 Å². The average molecular weight is 399 g/mol. The Balaban J connectivity index is 1.74. The first-order valence-electron chi connectivity index (χ1n) is 9.60. The molecule has 3 aromatic rings. The molecule has 28 heavy (non-hydrogen) atoms. The molecule has 0 spiro atoms. The van der Waals surface area contributed by atoms with E-state index in [-0.39, 0.29) is 11.9 Å². The van der Waals surface area contributed by atoms with Crippen LogP contribution in [0.3, 0.4) is 0 Å². The predicted molar refractivity (Wildman–Crippen MR) is 108 cm³/mol. The van der Waals surface area contributed by atoms with Crippen LogP contribution in [0.25, 0.3) is 5.65 Å². The van der Waals surface area contributed by atoms with E-state index in [4.69, 9.17) is 16.3 Å². The van der Waals surface area contributed by atoms with Crippen molar-refractivity contribution in [3.05, 3.63) is 52.9 Å². The van der Waals surface area contributed by atoms with Gasteiger partial charge in [-0.3, -0.25) is 9.20 Å². The molecule has 4 rings (SSSR count). The van der Waals surface area contributed by atoms with Gasteiger partial charge < -0.3 is 9.64 Å². The summed E-state index contributed by atoms with van der Waals surface area (Å²) in [5.74, 6) is 2.14. The van der Waals surface area contributed by atoms with Gasteiger partial charge in [0.25, 0.3) is 0 Å². The van der Waals surface area contributed by atoms with Gasteiger partial charge in [-0.1, -0.05) is 30.5 Å². The van der Waals surface area contributed by atoms with Gasteiger partial charge in [-0.25, -0.2) is 0 Å². The largest absolute Gasteiger partial charge is 0.453 e. The Morgan fingerprint density at radius 1 is 1.14 bits per heavy atom. The van der Waals surface area contributed by atoms with E-state index >= 15 is 0 Å². The number of benzene rings is 1. The van der Waals surface area contributed by atoms with Crippen molar-refractivity contribution in [2.75, 3.05) is 6.54 Å². The van der Waals surface area contributed by atoms with E-state index in [1.807, 2.05) is 52.8 Å². The van der Waals surface area contributed by atoms with Crippen LogP contribution in [0.2, 0.25) is 5.02 Å². The molecular weight excluding hydrogens is 376 g/mol. The number of hydrogen-bond donors (Lipinski definition) is 0. The molecule has 6 nitrogen and oxygen atoms in total. The molecule has 1 aromatic carbocycles. The summed E-state index contributed by atoms with van der Waals surface area (Å²) in [5.41, 5.74) is 1.50. The van der Waals surface area contributed by atoms with E-state index in [9.17, 15) is 4.79 Å². The van der Waals surface area contributed by atoms with Gasteiger partial charge in [0, 0.05) is 30.3 Å². The highest BCUT2D eigenvalue weighted by Gasteiger charge is 2.29. The van der Waals surface area contributed by atoms with Crippen LogP contribution in [0, 0.1) is 6.92 Å². The summed E-state index contributed by atoms with van der Waals surface area (Å²) in [4.78, 5) is 14.1. The van der Waals surface area contributed by atoms with Crippen molar-refractivity contribution in [1.82, 2.24) is 19.5 Å². The molecule has 0 aliphatic carbocycles. The van der Waals surface area contributed by atoms with Gasteiger partial charge >= 0.3 is 0 Å². The third kappa shape index (κ3) is 3.44. The van der Waals surface area contributed by atoms with Crippen LogP contribution in [0.4, 0.5) is 0 Å². The number of rotatable bonds is 3. The van der Waals surface area contributed by atoms with Crippen LogP contribution in [-0.4, -0.2) is 31.9 Å². The molecule has 1 fully saturated rings. The highest BCUT2D eigenvalue weighted by molar-refractivity contribution is 6.31. The van der Waals surface area contributed by atoms with Gasteiger partial charge in [-0.05, 0) is 44.0 Å². The minimum Gasteiger partial charge on any atom is -0.453 e. The molecule has 2 aromatic heterocycles. The molecule has 0 unspecified atom stereocenters. The van der Waals surface area contributed by atoms with Gasteiger partial charge in [0.15, 0.2) is 11.6 Å². The Kier molecular flexibility index (Phi) is 5.22. The maximum absolute atomic E-state index is 12.2. The standard InChI is InChI=1S/C21H23ClN4O2/c1-14-16(22)8-6-10-18(14)28-19-11-7-13-26-20(23-24-21(19)26)17-9-4-3-5-12-25(17)15(2)27/h6-8,10-11,13,17H,3-5,9,12H2,1-2H3/t17-/m1/s1. The molecule has 3 heterocycles. The third-order valence-corrected chi connectivity index (χ3v) is 5.73. The zero-order valence-corrected chi connectivity index (χ0v) is 16.8. The molecule has 1 aliphatic heterocycles. The first-order valence-corrected chi connectivity index (χ1v) is 9.98. The van der Waals surface area contributed by atoms with E-state index in [0.717, 1.165) is 43.6 Å². The Morgan fingerprint density at radius 2 is 1.96 bits per heavy atom. The smallest absolute Gasteiger partial charge is 0.220 e. The number of hydrogen-bond acceptors (Lipinski definition) is 4. The third-order valence-electron chi connectivity index (χ3n) is 5.32. The maximum atomic E-state index is 12.2. The quantitative estimate of drug-likeness (QED) is 0.626. The van der Waals surface area contributed by atoms with Crippen LogP contribution in [-0.2, 0) is 4.79 Å². The molecule has 0 saturated carbocycles. The predicted octanol–water partition coefficient (Wildman–Crippen LogP) is 4.95. The van der Waals surface area contributed by atoms with Crippen LogP contribution < -0.4 is 4.74 Å². The molecule has 0 radical (unpaired) electrons. The lowest BCUT2D eigenvalue weighted by Gasteiger charge is -2.27. The summed E-state index contributed by atoms with van der Waals surface area (Å²) in [7, 11) is 0. The summed E-state index contributed by atoms with van der Waals surface area (Å²) < 4.78 is 8.05. The number of amides is 1. The van der Waals surface area contributed by atoms with Gasteiger partial charge in [0.2, 0.25) is 11.6 Å². The topological polar surface area (TPSA) is 59.7 Å². The average Bonchev–Trinajstić information content (AvgIpc) is 2.95. The van der Waals surface area contributed by atoms with Crippen molar-refractivity contribution >= 4 is 23.2 Å². The van der Waals surface area contributed by atoms with E-state index in [1.165, 1.54) is 0 Å². The summed E-state index contributed by atoms with van der Waals surface area (Å²) in [6.07, 6.45) is 6.03. The molecule has 146 valence electrons. The van der Waals surface area contributed by atoms with Gasteiger partial charge in [0.05, 0.1) is 6.04 Å². The zero-order valence-electron chi connectivity index (χ0n) is 16.1. The number of fused-ring (bicyclic) bond motifs is 1. The fourth-order valence-electron chi connectivity index (χ4n) is 3.79. The summed E-state index contributed by atoms with van der Waals surface area (Å²) >= 11 is 6.21. The zero-order chi connectivity index (χ0) is 19.7. The van der Waals surface area contributed by atoms with Gasteiger partial charge in [0.1, 0.15) is 5.75 Å². The lowest BCUT2D eigenvalue weighted by molar-refractivity contribution is -0.131. The van der Waals surface area contributed by atoms with Crippen molar-refractivity contribution in [2.45, 2.75) is 45.6 Å². The fourth-order valence-corrected chi connectivity index (χ4v) is 3.95. The van der Waals surface area contributed by atoms with E-state index in [1.54, 1.807) is 6.92 Å². The second-order valence-corrected chi connectivity index (χ2v) is 7.57. The first-order chi connectivity index (χ1) is 13.6. The van der Waals surface area contributed by atoms with E-state index in [2.05, 4.69) is 10.2 Å². The number of carbonyl (C=O) groups is 1. The molecule has 0 bridgehead atoms. The number of nitrogens with zero attached hydrogens (tertiary/aromatic N) is 4. The van der Waals surface area contributed by atoms with Crippen molar-refractivity contribution in [2.24, 2.45) is 0 Å². The number of halogens is 1. The first kappa shape index (κ1) is 18.7. The van der Waals surface area contributed by atoms with Crippen molar-refractivity contribution in [3.63, 3.8) is 0 Å². The molecular formula is C21H23ClN4O2. The van der Waals surface area contributed by atoms with E-state index in [0.29, 0.717) is 22.2 Å². The highest BCUT2D eigenvalue weighted by Crippen LogP contribution is 2.34. The number of pyridine rings is 1. The lowest BCUT2D eigenvalue weighted by Crippen LogP contribution is -2.33. The number of aromatic nitrogens is 3. The minimum absolute atomic E-state index is 0.0712. The van der Waals surface area contributed by atoms with Gasteiger partial charge in [-0.15, -0.1) is 10.2 Å². The van der Waals surface area contributed by atoms with Gasteiger partial charge in [-0.2, -0.15) is 0 Å². The van der Waals surface area contributed by atoms with Crippen molar-refractivity contribution < 1.29 is 9.53 Å². The second-order valence-electron chi connectivity index (χ2n) is 7.17. The number of likely N-dealkylation sites (tertiary alicyclic amines) is 1. The van der Waals surface area contributed by atoms with Crippen LogP contribution in [0.15, 0.2) is 36.5 Å². The fraction of sp³-hybridized carbons (Fsp3) is 0.381. The Hall–Kier alpha value is -2.60. The molecule has 1 amide bonds. The van der Waals surface area contributed by atoms with Crippen molar-refractivity contribution in [1.29, 1.82) is 0 Å². The number of ether oxygens (including phenoxy) is 1. The molecule has 1 aliphatic rings. The van der Waals surface area contributed by atoms with E-state index < -0.39 is 0 Å². The number of carbonyl (C=O) groups excluding carboxylic acids is 1. The Morgan fingerprint density at radius 3 is 2.79 bits per heavy atom. The normalized spacial score (nSPS) is 17.5. The summed E-state index contributed by atoms with van der Waals surface area (Å²) in [6.45, 7) is 4.30. The van der Waals surface area contributed by atoms with Crippen LogP contribution >= 0.6 is 11.6 Å². The molecule has 1 saturated heterocycles. The SMILES string of the molecule is CC(=O)N1CCCCC[C@@H]1c1nnc2c(Oc3cccc(Cl)c3C)cccn12. The Labute approximate surface area is 169 Å². The maximum Gasteiger partial charge on any atom is 0.220 e. The van der Waals surface area contributed by atoms with Crippen LogP contribution in [0.1, 0.15) is 50.0 Å². The lowest BCUT2D eigenvalue weighted by atomic mass is 10.1. The molecule has 7 heteroatoms.